The van der Waals surface area contributed by atoms with Crippen LogP contribution in [0, 0.1) is 18.3 Å². The number of nitrogens with zero attached hydrogens (tertiary/aromatic N) is 2. The lowest BCUT2D eigenvalue weighted by Gasteiger charge is -2.22. The quantitative estimate of drug-likeness (QED) is 0.823. The zero-order valence-corrected chi connectivity index (χ0v) is 13.1. The number of nitriles is 1. The summed E-state index contributed by atoms with van der Waals surface area (Å²) in [6, 6.07) is 9.01. The third-order valence-corrected chi connectivity index (χ3v) is 3.80. The summed E-state index contributed by atoms with van der Waals surface area (Å²) < 4.78 is 0. The van der Waals surface area contributed by atoms with Gasteiger partial charge in [-0.2, -0.15) is 5.26 Å². The van der Waals surface area contributed by atoms with Crippen molar-refractivity contribution < 1.29 is 0 Å². The van der Waals surface area contributed by atoms with Crippen molar-refractivity contribution in [3.63, 3.8) is 0 Å². The van der Waals surface area contributed by atoms with Crippen LogP contribution in [0.5, 0.6) is 0 Å². The van der Waals surface area contributed by atoms with Gasteiger partial charge >= 0.3 is 0 Å². The minimum absolute atomic E-state index is 0.0221. The maximum atomic E-state index is 8.92. The highest BCUT2D eigenvalue weighted by molar-refractivity contribution is 5.34. The summed E-state index contributed by atoms with van der Waals surface area (Å²) in [7, 11) is 2.01. The first kappa shape index (κ1) is 15.7. The summed E-state index contributed by atoms with van der Waals surface area (Å²) in [5, 5.41) is 8.92. The first-order valence-corrected chi connectivity index (χ1v) is 6.95. The molecular formula is C17H26N2. The van der Waals surface area contributed by atoms with Crippen molar-refractivity contribution in [2.45, 2.75) is 52.5 Å². The number of benzene rings is 1. The van der Waals surface area contributed by atoms with Crippen LogP contribution in [0.3, 0.4) is 0 Å². The largest absolute Gasteiger partial charge is 0.291 e. The second kappa shape index (κ2) is 6.21. The van der Waals surface area contributed by atoms with Crippen molar-refractivity contribution in [3.05, 3.63) is 34.9 Å². The first-order valence-electron chi connectivity index (χ1n) is 6.95. The molecule has 2 nitrogen and oxygen atoms in total. The van der Waals surface area contributed by atoms with Crippen molar-refractivity contribution in [1.29, 1.82) is 5.26 Å². The summed E-state index contributed by atoms with van der Waals surface area (Å²) in [4.78, 5) is 2.10. The van der Waals surface area contributed by atoms with Crippen LogP contribution in [0.15, 0.2) is 18.2 Å². The van der Waals surface area contributed by atoms with Crippen LogP contribution in [-0.4, -0.2) is 24.5 Å². The van der Waals surface area contributed by atoms with E-state index in [4.69, 9.17) is 5.26 Å². The Labute approximate surface area is 118 Å². The molecule has 0 fully saturated rings. The van der Waals surface area contributed by atoms with Crippen molar-refractivity contribution in [2.24, 2.45) is 0 Å². The maximum Gasteiger partial charge on any atom is 0.0946 e. The van der Waals surface area contributed by atoms with E-state index in [-0.39, 0.29) is 11.5 Å². The molecule has 0 heterocycles. The highest BCUT2D eigenvalue weighted by atomic mass is 15.1. The van der Waals surface area contributed by atoms with Gasteiger partial charge in [-0.1, -0.05) is 39.0 Å². The average Bonchev–Trinajstić information content (AvgIpc) is 2.35. The molecule has 0 saturated carbocycles. The molecule has 1 atom stereocenters. The van der Waals surface area contributed by atoms with E-state index in [0.29, 0.717) is 0 Å². The minimum Gasteiger partial charge on any atom is -0.291 e. The Morgan fingerprint density at radius 2 is 1.95 bits per heavy atom. The van der Waals surface area contributed by atoms with Gasteiger partial charge in [0.15, 0.2) is 0 Å². The molecule has 1 rings (SSSR count). The summed E-state index contributed by atoms with van der Waals surface area (Å²) in [5.41, 5.74) is 4.30. The van der Waals surface area contributed by atoms with E-state index < -0.39 is 0 Å². The first-order chi connectivity index (χ1) is 8.75. The van der Waals surface area contributed by atoms with E-state index in [2.05, 4.69) is 56.9 Å². The number of hydrogen-bond donors (Lipinski definition) is 0. The average molecular weight is 258 g/mol. The molecule has 0 amide bonds. The zero-order valence-electron chi connectivity index (χ0n) is 13.1. The van der Waals surface area contributed by atoms with Gasteiger partial charge in [0.05, 0.1) is 12.1 Å². The van der Waals surface area contributed by atoms with Gasteiger partial charge in [0.25, 0.3) is 0 Å². The molecule has 0 aliphatic carbocycles. The highest BCUT2D eigenvalue weighted by Crippen LogP contribution is 2.24. The Morgan fingerprint density at radius 3 is 2.47 bits per heavy atom. The Morgan fingerprint density at radius 1 is 1.32 bits per heavy atom. The SMILES string of the molecule is Cc1ccc(C(C)(C)C)cc1CCN(C)C(C)C#N. The molecule has 1 aromatic carbocycles. The molecule has 0 aliphatic heterocycles. The molecule has 0 aliphatic rings. The molecular weight excluding hydrogens is 232 g/mol. The van der Waals surface area contributed by atoms with Crippen LogP contribution >= 0.6 is 0 Å². The van der Waals surface area contributed by atoms with Crippen LogP contribution in [0.1, 0.15) is 44.4 Å². The van der Waals surface area contributed by atoms with Crippen molar-refractivity contribution in [3.8, 4) is 6.07 Å². The van der Waals surface area contributed by atoms with Gasteiger partial charge in [-0.05, 0) is 49.4 Å². The van der Waals surface area contributed by atoms with E-state index in [0.717, 1.165) is 13.0 Å². The maximum absolute atomic E-state index is 8.92. The van der Waals surface area contributed by atoms with Crippen molar-refractivity contribution in [2.75, 3.05) is 13.6 Å². The van der Waals surface area contributed by atoms with Gasteiger partial charge in [-0.25, -0.2) is 0 Å². The van der Waals surface area contributed by atoms with Gasteiger partial charge in [-0.15, -0.1) is 0 Å². The monoisotopic (exact) mass is 258 g/mol. The molecule has 0 spiro atoms. The van der Waals surface area contributed by atoms with Gasteiger partial charge in [0, 0.05) is 6.54 Å². The predicted octanol–water partition coefficient (Wildman–Crippen LogP) is 3.68. The molecule has 0 saturated heterocycles. The lowest BCUT2D eigenvalue weighted by molar-refractivity contribution is 0.306. The fraction of sp³-hybridized carbons (Fsp3) is 0.588. The molecule has 0 aromatic heterocycles. The third kappa shape index (κ3) is 4.36. The Balaban J connectivity index is 2.82. The lowest BCUT2D eigenvalue weighted by atomic mass is 9.85. The van der Waals surface area contributed by atoms with Crippen LogP contribution in [0.2, 0.25) is 0 Å². The number of hydrogen-bond acceptors (Lipinski definition) is 2. The Bertz CT molecular complexity index is 463. The number of likely N-dealkylation sites (N-methyl/N-ethyl adjacent to an activating group) is 1. The number of rotatable bonds is 4. The molecule has 104 valence electrons. The molecule has 2 heteroatoms. The van der Waals surface area contributed by atoms with Crippen molar-refractivity contribution in [1.82, 2.24) is 4.90 Å². The topological polar surface area (TPSA) is 27.0 Å². The van der Waals surface area contributed by atoms with E-state index in [1.807, 2.05) is 14.0 Å². The van der Waals surface area contributed by atoms with Gasteiger partial charge in [0.1, 0.15) is 0 Å². The van der Waals surface area contributed by atoms with E-state index in [1.165, 1.54) is 16.7 Å². The smallest absolute Gasteiger partial charge is 0.0946 e. The molecule has 1 unspecified atom stereocenters. The van der Waals surface area contributed by atoms with Crippen molar-refractivity contribution >= 4 is 0 Å². The second-order valence-corrected chi connectivity index (χ2v) is 6.43. The van der Waals surface area contributed by atoms with Gasteiger partial charge < -0.3 is 0 Å². The lowest BCUT2D eigenvalue weighted by Crippen LogP contribution is -2.29. The molecule has 19 heavy (non-hydrogen) atoms. The summed E-state index contributed by atoms with van der Waals surface area (Å²) in [6.45, 7) is 11.7. The Kier molecular flexibility index (Phi) is 5.14. The molecule has 0 radical (unpaired) electrons. The van der Waals surface area contributed by atoms with Crippen LogP contribution in [0.4, 0.5) is 0 Å². The van der Waals surface area contributed by atoms with E-state index in [1.54, 1.807) is 0 Å². The van der Waals surface area contributed by atoms with Crippen LogP contribution < -0.4 is 0 Å². The summed E-state index contributed by atoms with van der Waals surface area (Å²) in [6.07, 6.45) is 0.998. The minimum atomic E-state index is -0.0221. The molecule has 0 N–H and O–H groups in total. The summed E-state index contributed by atoms with van der Waals surface area (Å²) >= 11 is 0. The fourth-order valence-electron chi connectivity index (χ4n) is 2.00. The second-order valence-electron chi connectivity index (χ2n) is 6.43. The molecule has 0 bridgehead atoms. The normalized spacial score (nSPS) is 13.4. The zero-order chi connectivity index (χ0) is 14.6. The number of aryl methyl sites for hydroxylation is 1. The highest BCUT2D eigenvalue weighted by Gasteiger charge is 2.15. The van der Waals surface area contributed by atoms with Crippen LogP contribution in [-0.2, 0) is 11.8 Å². The third-order valence-electron chi connectivity index (χ3n) is 3.80. The Hall–Kier alpha value is -1.33. The van der Waals surface area contributed by atoms with Crippen LogP contribution in [0.25, 0.3) is 0 Å². The molecule has 1 aromatic rings. The van der Waals surface area contributed by atoms with Gasteiger partial charge in [-0.3, -0.25) is 4.90 Å². The standard InChI is InChI=1S/C17H26N2/c1-13-7-8-16(17(3,4)5)11-15(13)9-10-19(6)14(2)12-18/h7-8,11,14H,9-10H2,1-6H3. The summed E-state index contributed by atoms with van der Waals surface area (Å²) in [5.74, 6) is 0. The fourth-order valence-corrected chi connectivity index (χ4v) is 2.00. The van der Waals surface area contributed by atoms with E-state index in [9.17, 15) is 0 Å². The van der Waals surface area contributed by atoms with E-state index >= 15 is 0 Å². The van der Waals surface area contributed by atoms with Gasteiger partial charge in [0.2, 0.25) is 0 Å². The predicted molar refractivity (Wildman–Crippen MR) is 81.3 cm³/mol.